The third-order valence-electron chi connectivity index (χ3n) is 4.62. The molecule has 1 heterocycles. The predicted molar refractivity (Wildman–Crippen MR) is 102 cm³/mol. The molecule has 1 amide bonds. The van der Waals surface area contributed by atoms with Gasteiger partial charge in [-0.05, 0) is 48.9 Å². The fraction of sp³-hybridized carbons (Fsp3) is 0.526. The molecule has 0 radical (unpaired) electrons. The molecule has 7 nitrogen and oxygen atoms in total. The fourth-order valence-corrected chi connectivity index (χ4v) is 3.97. The van der Waals surface area contributed by atoms with E-state index in [0.29, 0.717) is 23.9 Å². The highest BCUT2D eigenvalue weighted by atomic mass is 32.2. The Kier molecular flexibility index (Phi) is 5.33. The van der Waals surface area contributed by atoms with Gasteiger partial charge >= 0.3 is 0 Å². The maximum Gasteiger partial charge on any atom is 0.287 e. The van der Waals surface area contributed by atoms with Crippen LogP contribution in [-0.4, -0.2) is 38.1 Å². The van der Waals surface area contributed by atoms with Gasteiger partial charge in [-0.15, -0.1) is 0 Å². The lowest BCUT2D eigenvalue weighted by molar-refractivity contribution is 0.0549. The number of rotatable bonds is 7. The van der Waals surface area contributed by atoms with Gasteiger partial charge in [-0.25, -0.2) is 13.1 Å². The first-order valence-corrected chi connectivity index (χ1v) is 10.6. The van der Waals surface area contributed by atoms with Gasteiger partial charge in [-0.2, -0.15) is 0 Å². The van der Waals surface area contributed by atoms with Crippen molar-refractivity contribution < 1.29 is 22.7 Å². The number of benzene rings is 1. The molecule has 1 aliphatic rings. The quantitative estimate of drug-likeness (QED) is 0.668. The van der Waals surface area contributed by atoms with E-state index in [2.05, 4.69) is 10.0 Å². The van der Waals surface area contributed by atoms with Gasteiger partial charge in [0.15, 0.2) is 5.76 Å². The lowest BCUT2D eigenvalue weighted by atomic mass is 9.87. The summed E-state index contributed by atoms with van der Waals surface area (Å²) in [4.78, 5) is 12.4. The van der Waals surface area contributed by atoms with Crippen LogP contribution in [0.4, 0.5) is 0 Å². The highest BCUT2D eigenvalue weighted by Crippen LogP contribution is 2.26. The number of aliphatic hydroxyl groups excluding tert-OH is 1. The van der Waals surface area contributed by atoms with Gasteiger partial charge in [0, 0.05) is 18.0 Å². The molecule has 1 unspecified atom stereocenters. The zero-order valence-corrected chi connectivity index (χ0v) is 16.6. The third-order valence-corrected chi connectivity index (χ3v) is 6.14. The van der Waals surface area contributed by atoms with Crippen LogP contribution in [0.3, 0.4) is 0 Å². The van der Waals surface area contributed by atoms with Crippen molar-refractivity contribution in [2.24, 2.45) is 5.41 Å². The molecule has 0 bridgehead atoms. The fourth-order valence-electron chi connectivity index (χ4n) is 2.63. The molecule has 1 aromatic heterocycles. The number of carbonyl (C=O) groups excluding carboxylic acids is 1. The number of hydrogen-bond donors (Lipinski definition) is 3. The number of fused-ring (bicyclic) bond motifs is 1. The van der Waals surface area contributed by atoms with Crippen LogP contribution in [0.1, 0.15) is 50.6 Å². The summed E-state index contributed by atoms with van der Waals surface area (Å²) in [6.07, 6.45) is 1.63. The molecular formula is C19H26N2O5S. The summed E-state index contributed by atoms with van der Waals surface area (Å²) in [7, 11) is -3.56. The first-order chi connectivity index (χ1) is 12.6. The minimum Gasteiger partial charge on any atom is -0.451 e. The molecular weight excluding hydrogens is 368 g/mol. The molecule has 0 aliphatic heterocycles. The van der Waals surface area contributed by atoms with Crippen molar-refractivity contribution in [2.45, 2.75) is 57.1 Å². The zero-order valence-electron chi connectivity index (χ0n) is 15.8. The second-order valence-corrected chi connectivity index (χ2v) is 9.85. The Labute approximate surface area is 159 Å². The number of furan rings is 1. The topological polar surface area (TPSA) is 109 Å². The monoisotopic (exact) mass is 394 g/mol. The van der Waals surface area contributed by atoms with Crippen molar-refractivity contribution in [2.75, 3.05) is 6.54 Å². The summed E-state index contributed by atoms with van der Waals surface area (Å²) in [5, 5.41) is 13.3. The molecule has 2 aromatic rings. The minimum atomic E-state index is -3.56. The molecule has 1 atom stereocenters. The summed E-state index contributed by atoms with van der Waals surface area (Å²) in [5.74, 6) is -0.284. The number of aliphatic hydroxyl groups is 1. The van der Waals surface area contributed by atoms with Crippen molar-refractivity contribution in [3.05, 3.63) is 30.0 Å². The lowest BCUT2D eigenvalue weighted by Crippen LogP contribution is -2.32. The largest absolute Gasteiger partial charge is 0.451 e. The Morgan fingerprint density at radius 2 is 2.00 bits per heavy atom. The second kappa shape index (κ2) is 7.26. The summed E-state index contributed by atoms with van der Waals surface area (Å²) in [5.41, 5.74) is 0.195. The summed E-state index contributed by atoms with van der Waals surface area (Å²) in [6.45, 7) is 6.12. The van der Waals surface area contributed by atoms with Gasteiger partial charge in [0.05, 0.1) is 11.0 Å². The van der Waals surface area contributed by atoms with Crippen LogP contribution in [0.2, 0.25) is 0 Å². The average Bonchev–Trinajstić information content (AvgIpc) is 3.26. The van der Waals surface area contributed by atoms with E-state index in [1.54, 1.807) is 6.07 Å². The van der Waals surface area contributed by atoms with Crippen LogP contribution in [0.25, 0.3) is 11.0 Å². The first-order valence-electron chi connectivity index (χ1n) is 9.08. The van der Waals surface area contributed by atoms with Crippen molar-refractivity contribution in [3.8, 4) is 0 Å². The molecule has 1 aromatic carbocycles. The van der Waals surface area contributed by atoms with E-state index >= 15 is 0 Å². The predicted octanol–water partition coefficient (Wildman–Crippen LogP) is 2.40. The highest BCUT2D eigenvalue weighted by Gasteiger charge is 2.28. The van der Waals surface area contributed by atoms with Gasteiger partial charge in [0.1, 0.15) is 5.58 Å². The van der Waals surface area contributed by atoms with Crippen LogP contribution in [-0.2, 0) is 10.0 Å². The van der Waals surface area contributed by atoms with E-state index in [9.17, 15) is 18.3 Å². The van der Waals surface area contributed by atoms with Crippen LogP contribution < -0.4 is 10.0 Å². The van der Waals surface area contributed by atoms with Gasteiger partial charge in [-0.3, -0.25) is 4.79 Å². The highest BCUT2D eigenvalue weighted by molar-refractivity contribution is 7.89. The Morgan fingerprint density at radius 1 is 1.30 bits per heavy atom. The maximum absolute atomic E-state index is 12.3. The molecule has 3 rings (SSSR count). The molecule has 27 heavy (non-hydrogen) atoms. The van der Waals surface area contributed by atoms with Crippen molar-refractivity contribution in [3.63, 3.8) is 0 Å². The van der Waals surface area contributed by atoms with Gasteiger partial charge in [-0.1, -0.05) is 20.8 Å². The van der Waals surface area contributed by atoms with Gasteiger partial charge < -0.3 is 14.8 Å². The lowest BCUT2D eigenvalue weighted by Gasteiger charge is -2.25. The molecule has 3 N–H and O–H groups in total. The van der Waals surface area contributed by atoms with Crippen LogP contribution in [0, 0.1) is 5.41 Å². The SMILES string of the molecule is CC(C)(C)C(O)CCNC(=O)c1cc2cc(S(=O)(=O)NC3CC3)ccc2o1. The summed E-state index contributed by atoms with van der Waals surface area (Å²) < 4.78 is 32.8. The van der Waals surface area contributed by atoms with Gasteiger partial charge in [0.2, 0.25) is 10.0 Å². The molecule has 1 saturated carbocycles. The van der Waals surface area contributed by atoms with E-state index in [1.807, 2.05) is 20.8 Å². The smallest absolute Gasteiger partial charge is 0.287 e. The van der Waals surface area contributed by atoms with E-state index in [0.717, 1.165) is 12.8 Å². The maximum atomic E-state index is 12.3. The van der Waals surface area contributed by atoms with Gasteiger partial charge in [0.25, 0.3) is 5.91 Å². The Balaban J connectivity index is 1.68. The number of sulfonamides is 1. The van der Waals surface area contributed by atoms with E-state index in [4.69, 9.17) is 4.42 Å². The minimum absolute atomic E-state index is 0.0276. The molecule has 1 fully saturated rings. The Hall–Kier alpha value is -1.90. The molecule has 0 saturated heterocycles. The van der Waals surface area contributed by atoms with Crippen LogP contribution >= 0.6 is 0 Å². The molecule has 0 spiro atoms. The van der Waals surface area contributed by atoms with E-state index in [1.165, 1.54) is 18.2 Å². The number of amides is 1. The average molecular weight is 394 g/mol. The molecule has 1 aliphatic carbocycles. The van der Waals surface area contributed by atoms with E-state index in [-0.39, 0.29) is 22.1 Å². The normalized spacial score (nSPS) is 16.4. The third kappa shape index (κ3) is 4.88. The summed E-state index contributed by atoms with van der Waals surface area (Å²) >= 11 is 0. The summed E-state index contributed by atoms with van der Waals surface area (Å²) in [6, 6.07) is 6.08. The van der Waals surface area contributed by atoms with Crippen LogP contribution in [0.5, 0.6) is 0 Å². The van der Waals surface area contributed by atoms with Crippen LogP contribution in [0.15, 0.2) is 33.6 Å². The second-order valence-electron chi connectivity index (χ2n) is 8.13. The van der Waals surface area contributed by atoms with E-state index < -0.39 is 22.0 Å². The Morgan fingerprint density at radius 3 is 2.63 bits per heavy atom. The van der Waals surface area contributed by atoms with Crippen molar-refractivity contribution in [1.82, 2.24) is 10.0 Å². The standard InChI is InChI=1S/C19H26N2O5S/c1-19(2,3)17(22)8-9-20-18(23)16-11-12-10-14(6-7-15(12)26-16)27(24,25)21-13-4-5-13/h6-7,10-11,13,17,21-22H,4-5,8-9H2,1-3H3,(H,20,23). The van der Waals surface area contributed by atoms with Crippen molar-refractivity contribution in [1.29, 1.82) is 0 Å². The van der Waals surface area contributed by atoms with Crippen molar-refractivity contribution >= 4 is 26.9 Å². The number of nitrogens with one attached hydrogen (secondary N) is 2. The molecule has 8 heteroatoms. The Bertz CT molecular complexity index is 939. The molecule has 148 valence electrons. The zero-order chi connectivity index (χ0) is 19.8. The number of hydrogen-bond acceptors (Lipinski definition) is 5. The number of carbonyl (C=O) groups is 1. The first kappa shape index (κ1) is 19.9.